The minimum Gasteiger partial charge on any atom is -0.387 e. The van der Waals surface area contributed by atoms with Gasteiger partial charge in [-0.3, -0.25) is 9.52 Å². The molecule has 0 saturated heterocycles. The Kier molecular flexibility index (Phi) is 9.16. The van der Waals surface area contributed by atoms with E-state index in [4.69, 9.17) is 0 Å². The summed E-state index contributed by atoms with van der Waals surface area (Å²) in [5, 5.41) is 26.5. The molecule has 43 heavy (non-hydrogen) atoms. The van der Waals surface area contributed by atoms with Gasteiger partial charge in [-0.15, -0.1) is 21.5 Å². The van der Waals surface area contributed by atoms with Gasteiger partial charge in [-0.1, -0.05) is 30.3 Å². The number of aromatic nitrogens is 4. The van der Waals surface area contributed by atoms with Crippen LogP contribution in [0.3, 0.4) is 0 Å². The Morgan fingerprint density at radius 1 is 1.09 bits per heavy atom. The molecule has 0 radical (unpaired) electrons. The van der Waals surface area contributed by atoms with E-state index in [2.05, 4.69) is 44.4 Å². The lowest BCUT2D eigenvalue weighted by molar-refractivity contribution is 0.0950. The maximum Gasteiger partial charge on any atom is 0.261 e. The fourth-order valence-corrected chi connectivity index (χ4v) is 6.05. The third-order valence-electron chi connectivity index (χ3n) is 7.00. The molecule has 5 rings (SSSR count). The summed E-state index contributed by atoms with van der Waals surface area (Å²) < 4.78 is 30.0. The molecule has 1 amide bonds. The number of aliphatic hydroxyl groups is 1. The molecule has 0 fully saturated rings. The van der Waals surface area contributed by atoms with E-state index in [1.807, 2.05) is 22.9 Å². The molecule has 0 aliphatic heterocycles. The Bertz CT molecular complexity index is 1790. The Balaban J connectivity index is 1.15. The van der Waals surface area contributed by atoms with Crippen LogP contribution >= 0.6 is 11.3 Å². The molecular formula is C30H33N7O4S2. The van der Waals surface area contributed by atoms with Crippen LogP contribution in [-0.4, -0.2) is 51.3 Å². The van der Waals surface area contributed by atoms with Crippen molar-refractivity contribution in [2.24, 2.45) is 0 Å². The number of pyridine rings is 1. The molecule has 11 nitrogen and oxygen atoms in total. The Morgan fingerprint density at radius 2 is 1.91 bits per heavy atom. The monoisotopic (exact) mass is 619 g/mol. The first kappa shape index (κ1) is 30.3. The Hall–Kier alpha value is -4.17. The van der Waals surface area contributed by atoms with Gasteiger partial charge in [0.05, 0.1) is 23.1 Å². The first-order valence-electron chi connectivity index (χ1n) is 13.7. The van der Waals surface area contributed by atoms with Gasteiger partial charge in [-0.05, 0) is 62.2 Å². The molecular weight excluding hydrogens is 587 g/mol. The number of fused-ring (bicyclic) bond motifs is 1. The lowest BCUT2D eigenvalue weighted by Crippen LogP contribution is -2.42. The molecule has 0 unspecified atom stereocenters. The molecule has 0 saturated carbocycles. The van der Waals surface area contributed by atoms with Crippen molar-refractivity contribution in [3.63, 3.8) is 0 Å². The number of sulfonamides is 1. The summed E-state index contributed by atoms with van der Waals surface area (Å²) in [4.78, 5) is 17.3. The van der Waals surface area contributed by atoms with Gasteiger partial charge in [0.25, 0.3) is 15.9 Å². The molecule has 0 aliphatic rings. The van der Waals surface area contributed by atoms with Crippen LogP contribution in [0, 0.1) is 0 Å². The minimum atomic E-state index is -3.73. The third-order valence-corrected chi connectivity index (χ3v) is 9.09. The number of hydrogen-bond donors (Lipinski definition) is 4. The first-order chi connectivity index (χ1) is 20.6. The van der Waals surface area contributed by atoms with Crippen molar-refractivity contribution in [2.75, 3.05) is 11.3 Å². The second kappa shape index (κ2) is 13.0. The SMILES string of the molecule is CC(C)(CCn1ccc2cc(C(=O)NCc3nncs3)cnc21)NC[C@H](O)c1cccc(NS(=O)(=O)c2ccccc2)c1. The molecule has 1 atom stereocenters. The van der Waals surface area contributed by atoms with E-state index in [1.165, 1.54) is 23.5 Å². The predicted molar refractivity (Wildman–Crippen MR) is 166 cm³/mol. The number of aryl methyl sites for hydroxylation is 1. The summed E-state index contributed by atoms with van der Waals surface area (Å²) >= 11 is 1.38. The summed E-state index contributed by atoms with van der Waals surface area (Å²) in [6.07, 6.45) is 3.42. The summed E-state index contributed by atoms with van der Waals surface area (Å²) in [6.45, 7) is 5.39. The molecule has 224 valence electrons. The number of hydrogen-bond acceptors (Lipinski definition) is 9. The van der Waals surface area contributed by atoms with Gasteiger partial charge in [0, 0.05) is 42.1 Å². The van der Waals surface area contributed by atoms with Gasteiger partial charge < -0.3 is 20.3 Å². The molecule has 5 aromatic rings. The molecule has 2 aromatic carbocycles. The number of nitrogens with one attached hydrogen (secondary N) is 3. The average molecular weight is 620 g/mol. The van der Waals surface area contributed by atoms with Crippen LogP contribution in [0.4, 0.5) is 5.69 Å². The van der Waals surface area contributed by atoms with Gasteiger partial charge in [-0.25, -0.2) is 13.4 Å². The number of carbonyl (C=O) groups is 1. The molecule has 4 N–H and O–H groups in total. The van der Waals surface area contributed by atoms with Gasteiger partial charge in [0.1, 0.15) is 16.2 Å². The van der Waals surface area contributed by atoms with Crippen molar-refractivity contribution in [3.05, 3.63) is 101 Å². The lowest BCUT2D eigenvalue weighted by atomic mass is 9.99. The van der Waals surface area contributed by atoms with Crippen molar-refractivity contribution in [3.8, 4) is 0 Å². The van der Waals surface area contributed by atoms with Crippen LogP contribution < -0.4 is 15.4 Å². The zero-order chi connectivity index (χ0) is 30.5. The highest BCUT2D eigenvalue weighted by Gasteiger charge is 2.21. The number of rotatable bonds is 13. The summed E-state index contributed by atoms with van der Waals surface area (Å²) in [6, 6.07) is 18.7. The van der Waals surface area contributed by atoms with Crippen molar-refractivity contribution < 1.29 is 18.3 Å². The predicted octanol–water partition coefficient (Wildman–Crippen LogP) is 4.11. The highest BCUT2D eigenvalue weighted by Crippen LogP contribution is 2.22. The highest BCUT2D eigenvalue weighted by molar-refractivity contribution is 7.92. The normalized spacial score (nSPS) is 12.7. The van der Waals surface area contributed by atoms with Crippen LogP contribution in [0.1, 0.15) is 47.3 Å². The van der Waals surface area contributed by atoms with E-state index in [0.29, 0.717) is 29.9 Å². The van der Waals surface area contributed by atoms with Gasteiger partial charge >= 0.3 is 0 Å². The molecule has 3 aromatic heterocycles. The maximum atomic E-state index is 12.7. The molecule has 0 bridgehead atoms. The minimum absolute atomic E-state index is 0.168. The van der Waals surface area contributed by atoms with E-state index in [1.54, 1.807) is 54.2 Å². The van der Waals surface area contributed by atoms with Gasteiger partial charge in [-0.2, -0.15) is 0 Å². The van der Waals surface area contributed by atoms with Gasteiger partial charge in [0.2, 0.25) is 0 Å². The smallest absolute Gasteiger partial charge is 0.261 e. The fraction of sp³-hybridized carbons (Fsp3) is 0.267. The summed E-state index contributed by atoms with van der Waals surface area (Å²) in [7, 11) is -3.73. The second-order valence-electron chi connectivity index (χ2n) is 10.7. The van der Waals surface area contributed by atoms with E-state index < -0.39 is 16.1 Å². The first-order valence-corrected chi connectivity index (χ1v) is 16.0. The molecule has 13 heteroatoms. The number of nitrogens with zero attached hydrogens (tertiary/aromatic N) is 4. The van der Waals surface area contributed by atoms with Crippen LogP contribution in [0.15, 0.2) is 89.5 Å². The summed E-state index contributed by atoms with van der Waals surface area (Å²) in [5.74, 6) is -0.222. The molecule has 3 heterocycles. The lowest BCUT2D eigenvalue weighted by Gasteiger charge is -2.28. The number of carbonyl (C=O) groups excluding carboxylic acids is 1. The number of aliphatic hydroxyl groups excluding tert-OH is 1. The number of amides is 1. The van der Waals surface area contributed by atoms with Crippen molar-refractivity contribution in [1.82, 2.24) is 30.4 Å². The topological polar surface area (TPSA) is 151 Å². The van der Waals surface area contributed by atoms with E-state index in [0.717, 1.165) is 22.5 Å². The van der Waals surface area contributed by atoms with E-state index in [-0.39, 0.29) is 22.9 Å². The second-order valence-corrected chi connectivity index (χ2v) is 13.3. The average Bonchev–Trinajstić information content (AvgIpc) is 3.68. The Labute approximate surface area is 254 Å². The van der Waals surface area contributed by atoms with Crippen LogP contribution in [0.25, 0.3) is 11.0 Å². The third kappa shape index (κ3) is 7.82. The number of β-amino-alcohol motifs (C(OH)–C–C–N with tert-alkyl or cyclic N) is 1. The summed E-state index contributed by atoms with van der Waals surface area (Å²) in [5.41, 5.74) is 3.53. The standard InChI is InChI=1S/C30H33N7O4S2/c1-30(2,33-18-26(38)21-7-6-8-24(16-21)36-43(40,41)25-9-4-3-5-10-25)12-14-37-13-11-22-15-23(17-31-28(22)37)29(39)32-19-27-35-34-20-42-27/h3-11,13,15-17,20,26,33,36,38H,12,14,18-19H2,1-2H3,(H,32,39)/t26-/m0/s1. The highest BCUT2D eigenvalue weighted by atomic mass is 32.2. The molecule has 0 aliphatic carbocycles. The van der Waals surface area contributed by atoms with Crippen LogP contribution in [-0.2, 0) is 23.1 Å². The number of benzene rings is 2. The quantitative estimate of drug-likeness (QED) is 0.154. The van der Waals surface area contributed by atoms with E-state index >= 15 is 0 Å². The van der Waals surface area contributed by atoms with Gasteiger partial charge in [0.15, 0.2) is 0 Å². The maximum absolute atomic E-state index is 12.7. The zero-order valence-electron chi connectivity index (χ0n) is 23.8. The van der Waals surface area contributed by atoms with Crippen molar-refractivity contribution in [1.29, 1.82) is 0 Å². The van der Waals surface area contributed by atoms with Crippen molar-refractivity contribution in [2.45, 2.75) is 49.9 Å². The van der Waals surface area contributed by atoms with Crippen LogP contribution in [0.2, 0.25) is 0 Å². The number of anilines is 1. The Morgan fingerprint density at radius 3 is 2.67 bits per heavy atom. The molecule has 0 spiro atoms. The van der Waals surface area contributed by atoms with Crippen molar-refractivity contribution >= 4 is 44.0 Å². The van der Waals surface area contributed by atoms with E-state index in [9.17, 15) is 18.3 Å². The largest absolute Gasteiger partial charge is 0.387 e. The fourth-order valence-electron chi connectivity index (χ4n) is 4.52. The zero-order valence-corrected chi connectivity index (χ0v) is 25.4. The van der Waals surface area contributed by atoms with Crippen LogP contribution in [0.5, 0.6) is 0 Å².